The Kier molecular flexibility index (Phi) is 3.53. The molecule has 0 saturated carbocycles. The van der Waals surface area contributed by atoms with Crippen molar-refractivity contribution in [2.24, 2.45) is 5.92 Å². The number of carbonyl (C=O) groups is 1. The van der Waals surface area contributed by atoms with Crippen molar-refractivity contribution in [2.75, 3.05) is 6.54 Å². The van der Waals surface area contributed by atoms with Crippen molar-refractivity contribution in [1.82, 2.24) is 5.32 Å². The summed E-state index contributed by atoms with van der Waals surface area (Å²) in [6.45, 7) is 3.16. The van der Waals surface area contributed by atoms with Crippen molar-refractivity contribution in [3.63, 3.8) is 0 Å². The van der Waals surface area contributed by atoms with Gasteiger partial charge in [0.1, 0.15) is 0 Å². The number of piperidine rings is 1. The number of rotatable bonds is 3. The van der Waals surface area contributed by atoms with Crippen LogP contribution in [0.5, 0.6) is 0 Å². The quantitative estimate of drug-likeness (QED) is 0.671. The lowest BCUT2D eigenvalue weighted by atomic mass is 9.87. The zero-order chi connectivity index (χ0) is 8.97. The van der Waals surface area contributed by atoms with Gasteiger partial charge in [-0.1, -0.05) is 6.92 Å². The van der Waals surface area contributed by atoms with E-state index in [0.29, 0.717) is 18.4 Å². The zero-order valence-corrected chi connectivity index (χ0v) is 7.55. The SMILES string of the molecule is CC[C@@H]1NCCC[C@H]1CC(=O)O. The molecule has 0 radical (unpaired) electrons. The Morgan fingerprint density at radius 1 is 1.67 bits per heavy atom. The summed E-state index contributed by atoms with van der Waals surface area (Å²) in [5.74, 6) is -0.316. The van der Waals surface area contributed by atoms with E-state index in [9.17, 15) is 4.79 Å². The first-order valence-electron chi connectivity index (χ1n) is 4.69. The molecule has 0 unspecified atom stereocenters. The maximum Gasteiger partial charge on any atom is 0.303 e. The maximum atomic E-state index is 10.5. The number of carboxylic acid groups (broad SMARTS) is 1. The van der Waals surface area contributed by atoms with E-state index < -0.39 is 5.97 Å². The standard InChI is InChI=1S/C9H17NO2/c1-2-8-7(6-9(11)12)4-3-5-10-8/h7-8,10H,2-6H2,1H3,(H,11,12)/t7-,8-/m0/s1. The molecule has 0 aromatic rings. The molecular weight excluding hydrogens is 154 g/mol. The van der Waals surface area contributed by atoms with Crippen LogP contribution in [0, 0.1) is 5.92 Å². The number of aliphatic carboxylic acids is 1. The van der Waals surface area contributed by atoms with Gasteiger partial charge < -0.3 is 10.4 Å². The molecule has 1 rings (SSSR count). The molecule has 0 aromatic heterocycles. The van der Waals surface area contributed by atoms with Gasteiger partial charge in [0, 0.05) is 12.5 Å². The molecule has 0 aromatic carbocycles. The van der Waals surface area contributed by atoms with Crippen LogP contribution in [0.25, 0.3) is 0 Å². The number of hydrogen-bond donors (Lipinski definition) is 2. The van der Waals surface area contributed by atoms with Crippen LogP contribution in [-0.4, -0.2) is 23.7 Å². The summed E-state index contributed by atoms with van der Waals surface area (Å²) in [6, 6.07) is 0.426. The fraction of sp³-hybridized carbons (Fsp3) is 0.889. The Balaban J connectivity index is 2.41. The Morgan fingerprint density at radius 2 is 2.42 bits per heavy atom. The Bertz CT molecular complexity index is 159. The Hall–Kier alpha value is -0.570. The predicted octanol–water partition coefficient (Wildman–Crippen LogP) is 1.24. The van der Waals surface area contributed by atoms with E-state index in [1.165, 1.54) is 0 Å². The Labute approximate surface area is 73.2 Å². The van der Waals surface area contributed by atoms with Crippen molar-refractivity contribution >= 4 is 5.97 Å². The van der Waals surface area contributed by atoms with Crippen LogP contribution in [0.1, 0.15) is 32.6 Å². The molecule has 2 N–H and O–H groups in total. The second-order valence-corrected chi connectivity index (χ2v) is 3.47. The molecule has 0 amide bonds. The second-order valence-electron chi connectivity index (χ2n) is 3.47. The van der Waals surface area contributed by atoms with Gasteiger partial charge in [0.25, 0.3) is 0 Å². The molecular formula is C9H17NO2. The molecule has 1 saturated heterocycles. The molecule has 1 aliphatic heterocycles. The van der Waals surface area contributed by atoms with Gasteiger partial charge in [0.15, 0.2) is 0 Å². The van der Waals surface area contributed by atoms with Crippen molar-refractivity contribution < 1.29 is 9.90 Å². The van der Waals surface area contributed by atoms with Crippen LogP contribution in [0.3, 0.4) is 0 Å². The molecule has 2 atom stereocenters. The van der Waals surface area contributed by atoms with Crippen LogP contribution >= 0.6 is 0 Å². The highest BCUT2D eigenvalue weighted by molar-refractivity contribution is 5.67. The van der Waals surface area contributed by atoms with Crippen LogP contribution in [0.2, 0.25) is 0 Å². The highest BCUT2D eigenvalue weighted by atomic mass is 16.4. The summed E-state index contributed by atoms with van der Waals surface area (Å²) < 4.78 is 0. The highest BCUT2D eigenvalue weighted by Crippen LogP contribution is 2.21. The lowest BCUT2D eigenvalue weighted by molar-refractivity contribution is -0.138. The minimum Gasteiger partial charge on any atom is -0.481 e. The fourth-order valence-electron chi connectivity index (χ4n) is 1.97. The zero-order valence-electron chi connectivity index (χ0n) is 7.55. The van der Waals surface area contributed by atoms with Crippen molar-refractivity contribution in [3.8, 4) is 0 Å². The van der Waals surface area contributed by atoms with Crippen molar-refractivity contribution in [3.05, 3.63) is 0 Å². The first kappa shape index (κ1) is 9.52. The summed E-state index contributed by atoms with van der Waals surface area (Å²) in [6.07, 6.45) is 3.55. The molecule has 3 heteroatoms. The summed E-state index contributed by atoms with van der Waals surface area (Å²) in [4.78, 5) is 10.5. The van der Waals surface area contributed by atoms with E-state index in [4.69, 9.17) is 5.11 Å². The van der Waals surface area contributed by atoms with E-state index in [1.807, 2.05) is 0 Å². The summed E-state index contributed by atoms with van der Waals surface area (Å²) >= 11 is 0. The molecule has 1 aliphatic rings. The van der Waals surface area contributed by atoms with E-state index in [0.717, 1.165) is 25.8 Å². The van der Waals surface area contributed by atoms with Gasteiger partial charge in [0.05, 0.1) is 0 Å². The fourth-order valence-corrected chi connectivity index (χ4v) is 1.97. The van der Waals surface area contributed by atoms with Crippen LogP contribution < -0.4 is 5.32 Å². The largest absolute Gasteiger partial charge is 0.481 e. The third-order valence-electron chi connectivity index (χ3n) is 2.60. The van der Waals surface area contributed by atoms with E-state index in [1.54, 1.807) is 0 Å². The molecule has 12 heavy (non-hydrogen) atoms. The maximum absolute atomic E-state index is 10.5. The van der Waals surface area contributed by atoms with Crippen LogP contribution in [0.15, 0.2) is 0 Å². The van der Waals surface area contributed by atoms with Gasteiger partial charge >= 0.3 is 5.97 Å². The normalized spacial score (nSPS) is 30.1. The average Bonchev–Trinajstić information content (AvgIpc) is 2.04. The van der Waals surface area contributed by atoms with Crippen molar-refractivity contribution in [2.45, 2.75) is 38.6 Å². The molecule has 0 bridgehead atoms. The van der Waals surface area contributed by atoms with Crippen LogP contribution in [-0.2, 0) is 4.79 Å². The monoisotopic (exact) mass is 171 g/mol. The number of carboxylic acids is 1. The molecule has 1 heterocycles. The van der Waals surface area contributed by atoms with Gasteiger partial charge in [-0.3, -0.25) is 4.79 Å². The minimum atomic E-state index is -0.665. The van der Waals surface area contributed by atoms with Gasteiger partial charge in [0.2, 0.25) is 0 Å². The van der Waals surface area contributed by atoms with E-state index in [2.05, 4.69) is 12.2 Å². The summed E-state index contributed by atoms with van der Waals surface area (Å²) in [5.41, 5.74) is 0. The molecule has 1 fully saturated rings. The summed E-state index contributed by atoms with van der Waals surface area (Å²) in [5, 5.41) is 12.0. The molecule has 0 spiro atoms. The topological polar surface area (TPSA) is 49.3 Å². The first-order valence-corrected chi connectivity index (χ1v) is 4.69. The third-order valence-corrected chi connectivity index (χ3v) is 2.60. The van der Waals surface area contributed by atoms with Crippen LogP contribution in [0.4, 0.5) is 0 Å². The predicted molar refractivity (Wildman–Crippen MR) is 47.1 cm³/mol. The lowest BCUT2D eigenvalue weighted by Crippen LogP contribution is -2.41. The van der Waals surface area contributed by atoms with Gasteiger partial charge in [-0.05, 0) is 31.7 Å². The van der Waals surface area contributed by atoms with Gasteiger partial charge in [-0.15, -0.1) is 0 Å². The second kappa shape index (κ2) is 4.45. The first-order chi connectivity index (χ1) is 5.74. The molecule has 70 valence electrons. The van der Waals surface area contributed by atoms with Crippen molar-refractivity contribution in [1.29, 1.82) is 0 Å². The smallest absolute Gasteiger partial charge is 0.303 e. The minimum absolute atomic E-state index is 0.325. The van der Waals surface area contributed by atoms with Gasteiger partial charge in [-0.25, -0.2) is 0 Å². The van der Waals surface area contributed by atoms with E-state index >= 15 is 0 Å². The van der Waals surface area contributed by atoms with E-state index in [-0.39, 0.29) is 0 Å². The average molecular weight is 171 g/mol. The third kappa shape index (κ3) is 2.48. The molecule has 0 aliphatic carbocycles. The number of hydrogen-bond acceptors (Lipinski definition) is 2. The number of nitrogens with one attached hydrogen (secondary N) is 1. The summed E-state index contributed by atoms with van der Waals surface area (Å²) in [7, 11) is 0. The van der Waals surface area contributed by atoms with Gasteiger partial charge in [-0.2, -0.15) is 0 Å². The highest BCUT2D eigenvalue weighted by Gasteiger charge is 2.24. The Morgan fingerprint density at radius 3 is 3.00 bits per heavy atom. The lowest BCUT2D eigenvalue weighted by Gasteiger charge is -2.30. The molecule has 3 nitrogen and oxygen atoms in total.